The lowest BCUT2D eigenvalue weighted by atomic mass is 10.0. The largest absolute Gasteiger partial charge is 0.330 e. The first-order valence-corrected chi connectivity index (χ1v) is 6.59. The highest BCUT2D eigenvalue weighted by molar-refractivity contribution is 4.57. The zero-order chi connectivity index (χ0) is 11.5. The molecule has 0 bridgehead atoms. The van der Waals surface area contributed by atoms with Crippen molar-refractivity contribution in [2.24, 2.45) is 11.7 Å². The summed E-state index contributed by atoms with van der Waals surface area (Å²) in [7, 11) is 2.24. The number of hydrogen-bond acceptors (Lipinski definition) is 2. The fourth-order valence-corrected chi connectivity index (χ4v) is 1.88. The van der Waals surface area contributed by atoms with Crippen LogP contribution in [-0.4, -0.2) is 31.6 Å². The molecule has 92 valence electrons. The Hall–Kier alpha value is -0.0800. The molecule has 0 saturated heterocycles. The molecule has 2 heteroatoms. The molecule has 0 aromatic heterocycles. The van der Waals surface area contributed by atoms with Gasteiger partial charge in [-0.2, -0.15) is 0 Å². The highest BCUT2D eigenvalue weighted by Crippen LogP contribution is 2.09. The Balaban J connectivity index is 3.26. The van der Waals surface area contributed by atoms with Crippen LogP contribution in [0.25, 0.3) is 0 Å². The van der Waals surface area contributed by atoms with Crippen molar-refractivity contribution >= 4 is 0 Å². The van der Waals surface area contributed by atoms with E-state index in [0.717, 1.165) is 12.5 Å². The second kappa shape index (κ2) is 10.4. The van der Waals surface area contributed by atoms with Gasteiger partial charge in [0.2, 0.25) is 0 Å². The summed E-state index contributed by atoms with van der Waals surface area (Å²) >= 11 is 0. The minimum atomic E-state index is 0.805. The molecule has 0 aliphatic heterocycles. The maximum Gasteiger partial charge on any atom is -0.00217 e. The van der Waals surface area contributed by atoms with Crippen molar-refractivity contribution in [3.8, 4) is 0 Å². The van der Waals surface area contributed by atoms with E-state index in [4.69, 9.17) is 5.73 Å². The van der Waals surface area contributed by atoms with Gasteiger partial charge in [0.05, 0.1) is 0 Å². The molecule has 0 heterocycles. The van der Waals surface area contributed by atoms with Crippen LogP contribution in [0.4, 0.5) is 0 Å². The first-order chi connectivity index (χ1) is 7.20. The van der Waals surface area contributed by atoms with Gasteiger partial charge in [0, 0.05) is 0 Å². The second-order valence-corrected chi connectivity index (χ2v) is 4.84. The summed E-state index contributed by atoms with van der Waals surface area (Å²) in [5, 5.41) is 0. The van der Waals surface area contributed by atoms with Gasteiger partial charge in [-0.1, -0.05) is 26.7 Å². The van der Waals surface area contributed by atoms with Crippen molar-refractivity contribution in [2.45, 2.75) is 52.4 Å². The molecule has 2 N–H and O–H groups in total. The summed E-state index contributed by atoms with van der Waals surface area (Å²) in [6.07, 6.45) is 7.87. The van der Waals surface area contributed by atoms with Gasteiger partial charge in [-0.3, -0.25) is 0 Å². The third-order valence-corrected chi connectivity index (χ3v) is 3.04. The first-order valence-electron chi connectivity index (χ1n) is 6.59. The molecule has 0 aromatic rings. The van der Waals surface area contributed by atoms with Gasteiger partial charge in [0.1, 0.15) is 0 Å². The van der Waals surface area contributed by atoms with Gasteiger partial charge in [-0.25, -0.2) is 0 Å². The van der Waals surface area contributed by atoms with Gasteiger partial charge in [0.15, 0.2) is 0 Å². The molecule has 0 aliphatic rings. The average Bonchev–Trinajstić information content (AvgIpc) is 2.18. The van der Waals surface area contributed by atoms with Crippen LogP contribution >= 0.6 is 0 Å². The zero-order valence-electron chi connectivity index (χ0n) is 11.0. The molecule has 0 spiro atoms. The smallest absolute Gasteiger partial charge is 0.00217 e. The van der Waals surface area contributed by atoms with Crippen LogP contribution in [0.3, 0.4) is 0 Å². The van der Waals surface area contributed by atoms with Crippen molar-refractivity contribution in [2.75, 3.05) is 26.7 Å². The fourth-order valence-electron chi connectivity index (χ4n) is 1.88. The van der Waals surface area contributed by atoms with Gasteiger partial charge >= 0.3 is 0 Å². The fraction of sp³-hybridized carbons (Fsp3) is 1.00. The molecule has 0 aliphatic carbocycles. The van der Waals surface area contributed by atoms with E-state index in [1.807, 2.05) is 0 Å². The number of nitrogens with zero attached hydrogens (tertiary/aromatic N) is 1. The van der Waals surface area contributed by atoms with Gasteiger partial charge in [-0.05, 0) is 58.3 Å². The molecule has 0 fully saturated rings. The van der Waals surface area contributed by atoms with Crippen LogP contribution in [0.2, 0.25) is 0 Å². The van der Waals surface area contributed by atoms with E-state index in [2.05, 4.69) is 25.8 Å². The van der Waals surface area contributed by atoms with E-state index in [1.165, 1.54) is 51.6 Å². The predicted molar refractivity (Wildman–Crippen MR) is 69.1 cm³/mol. The van der Waals surface area contributed by atoms with Crippen LogP contribution < -0.4 is 5.73 Å². The lowest BCUT2D eigenvalue weighted by molar-refractivity contribution is 0.306. The Morgan fingerprint density at radius 3 is 2.33 bits per heavy atom. The van der Waals surface area contributed by atoms with Crippen LogP contribution in [0.15, 0.2) is 0 Å². The predicted octanol–water partition coefficient (Wildman–Crippen LogP) is 2.87. The lowest BCUT2D eigenvalue weighted by Gasteiger charge is -2.17. The van der Waals surface area contributed by atoms with Gasteiger partial charge in [0.25, 0.3) is 0 Å². The third-order valence-electron chi connectivity index (χ3n) is 3.04. The van der Waals surface area contributed by atoms with E-state index >= 15 is 0 Å². The molecule has 0 rings (SSSR count). The second-order valence-electron chi connectivity index (χ2n) is 4.84. The molecular weight excluding hydrogens is 184 g/mol. The Labute approximate surface area is 96.2 Å². The van der Waals surface area contributed by atoms with Gasteiger partial charge < -0.3 is 10.6 Å². The van der Waals surface area contributed by atoms with Gasteiger partial charge in [-0.15, -0.1) is 0 Å². The van der Waals surface area contributed by atoms with Crippen molar-refractivity contribution < 1.29 is 0 Å². The normalized spacial score (nSPS) is 13.4. The Kier molecular flexibility index (Phi) is 10.4. The molecule has 0 amide bonds. The maximum absolute atomic E-state index is 5.53. The summed E-state index contributed by atoms with van der Waals surface area (Å²) in [6.45, 7) is 7.92. The molecule has 15 heavy (non-hydrogen) atoms. The summed E-state index contributed by atoms with van der Waals surface area (Å²) < 4.78 is 0. The lowest BCUT2D eigenvalue weighted by Crippen LogP contribution is -2.21. The van der Waals surface area contributed by atoms with Crippen molar-refractivity contribution in [3.63, 3.8) is 0 Å². The summed E-state index contributed by atoms with van der Waals surface area (Å²) in [4.78, 5) is 2.46. The zero-order valence-corrected chi connectivity index (χ0v) is 11.0. The molecule has 1 atom stereocenters. The van der Waals surface area contributed by atoms with E-state index in [9.17, 15) is 0 Å². The Morgan fingerprint density at radius 1 is 1.07 bits per heavy atom. The van der Waals surface area contributed by atoms with Crippen molar-refractivity contribution in [1.29, 1.82) is 0 Å². The average molecular weight is 214 g/mol. The summed E-state index contributed by atoms with van der Waals surface area (Å²) in [6, 6.07) is 0. The molecule has 0 aromatic carbocycles. The summed E-state index contributed by atoms with van der Waals surface area (Å²) in [5.41, 5.74) is 5.53. The minimum Gasteiger partial charge on any atom is -0.330 e. The number of unbranched alkanes of at least 4 members (excludes halogenated alkanes) is 2. The van der Waals surface area contributed by atoms with Crippen LogP contribution in [0, 0.1) is 5.92 Å². The SMILES string of the molecule is CCCCCN(C)CCCC(C)CCN. The third kappa shape index (κ3) is 10.2. The van der Waals surface area contributed by atoms with Crippen molar-refractivity contribution in [3.05, 3.63) is 0 Å². The maximum atomic E-state index is 5.53. The van der Waals surface area contributed by atoms with Crippen molar-refractivity contribution in [1.82, 2.24) is 4.90 Å². The summed E-state index contributed by atoms with van der Waals surface area (Å²) in [5.74, 6) is 0.805. The van der Waals surface area contributed by atoms with Crippen LogP contribution in [0.1, 0.15) is 52.4 Å². The molecule has 2 nitrogen and oxygen atoms in total. The van der Waals surface area contributed by atoms with E-state index in [1.54, 1.807) is 0 Å². The molecule has 0 saturated carbocycles. The minimum absolute atomic E-state index is 0.805. The van der Waals surface area contributed by atoms with Crippen LogP contribution in [-0.2, 0) is 0 Å². The number of nitrogens with two attached hydrogens (primary N) is 1. The molecular formula is C13H30N2. The van der Waals surface area contributed by atoms with E-state index in [0.29, 0.717) is 0 Å². The Bertz CT molecular complexity index is 126. The quantitative estimate of drug-likeness (QED) is 0.567. The first kappa shape index (κ1) is 14.9. The molecule has 0 radical (unpaired) electrons. The number of hydrogen-bond donors (Lipinski definition) is 1. The highest BCUT2D eigenvalue weighted by Gasteiger charge is 2.02. The Morgan fingerprint density at radius 2 is 1.73 bits per heavy atom. The van der Waals surface area contributed by atoms with Crippen LogP contribution in [0.5, 0.6) is 0 Å². The topological polar surface area (TPSA) is 29.3 Å². The standard InChI is InChI=1S/C13H30N2/c1-4-5-6-11-15(3)12-7-8-13(2)9-10-14/h13H,4-12,14H2,1-3H3. The van der Waals surface area contributed by atoms with E-state index in [-0.39, 0.29) is 0 Å². The number of rotatable bonds is 10. The molecule has 1 unspecified atom stereocenters. The van der Waals surface area contributed by atoms with E-state index < -0.39 is 0 Å². The highest BCUT2D eigenvalue weighted by atomic mass is 15.1. The monoisotopic (exact) mass is 214 g/mol.